The number of sulfonamides is 1. The van der Waals surface area contributed by atoms with Crippen LogP contribution in [0.15, 0.2) is 66.7 Å². The molecule has 6 nitrogen and oxygen atoms in total. The summed E-state index contributed by atoms with van der Waals surface area (Å²) in [7, 11) is -3.51. The number of nitrogens with zero attached hydrogens (tertiary/aromatic N) is 1. The lowest BCUT2D eigenvalue weighted by Gasteiger charge is -2.25. The standard InChI is InChI=1S/C25H26N2O4S/c1-17-8-9-18(2)24(14-17)27(32(4,30)31)16-20-10-12-21(13-11-20)25(29)26-23-7-5-6-22(15-23)19(3)28/h5-15H,16H2,1-4H3,(H,26,29). The molecule has 7 heteroatoms. The summed E-state index contributed by atoms with van der Waals surface area (Å²) in [6.07, 6.45) is 1.19. The van der Waals surface area contributed by atoms with Gasteiger partial charge in [-0.25, -0.2) is 8.42 Å². The maximum Gasteiger partial charge on any atom is 0.255 e. The predicted molar refractivity (Wildman–Crippen MR) is 128 cm³/mol. The third-order valence-electron chi connectivity index (χ3n) is 5.10. The minimum atomic E-state index is -3.51. The van der Waals surface area contributed by atoms with Crippen LogP contribution in [-0.2, 0) is 16.6 Å². The molecule has 0 aliphatic heterocycles. The summed E-state index contributed by atoms with van der Waals surface area (Å²) >= 11 is 0. The zero-order valence-corrected chi connectivity index (χ0v) is 19.4. The van der Waals surface area contributed by atoms with Crippen molar-refractivity contribution < 1.29 is 18.0 Å². The van der Waals surface area contributed by atoms with E-state index in [2.05, 4.69) is 5.32 Å². The van der Waals surface area contributed by atoms with Crippen molar-refractivity contribution in [2.24, 2.45) is 0 Å². The van der Waals surface area contributed by atoms with E-state index in [1.54, 1.807) is 48.5 Å². The van der Waals surface area contributed by atoms with Crippen molar-refractivity contribution in [2.75, 3.05) is 15.9 Å². The zero-order chi connectivity index (χ0) is 23.5. The summed E-state index contributed by atoms with van der Waals surface area (Å²) in [5, 5.41) is 2.78. The molecule has 166 valence electrons. The maximum atomic E-state index is 12.6. The Morgan fingerprint density at radius 3 is 2.22 bits per heavy atom. The fourth-order valence-corrected chi connectivity index (χ4v) is 4.25. The first-order valence-electron chi connectivity index (χ1n) is 10.1. The van der Waals surface area contributed by atoms with Crippen LogP contribution in [0.4, 0.5) is 11.4 Å². The fourth-order valence-electron chi connectivity index (χ4n) is 3.32. The monoisotopic (exact) mass is 450 g/mol. The van der Waals surface area contributed by atoms with Crippen LogP contribution in [0.1, 0.15) is 44.3 Å². The summed E-state index contributed by atoms with van der Waals surface area (Å²) < 4.78 is 26.4. The summed E-state index contributed by atoms with van der Waals surface area (Å²) in [5.41, 5.74) is 4.71. The van der Waals surface area contributed by atoms with E-state index >= 15 is 0 Å². The summed E-state index contributed by atoms with van der Waals surface area (Å²) in [5.74, 6) is -0.392. The molecular formula is C25H26N2O4S. The van der Waals surface area contributed by atoms with Gasteiger partial charge in [0.2, 0.25) is 10.0 Å². The maximum absolute atomic E-state index is 12.6. The number of rotatable bonds is 7. The highest BCUT2D eigenvalue weighted by Gasteiger charge is 2.20. The van der Waals surface area contributed by atoms with Gasteiger partial charge in [0.1, 0.15) is 0 Å². The first-order chi connectivity index (χ1) is 15.0. The molecule has 0 atom stereocenters. The van der Waals surface area contributed by atoms with Crippen LogP contribution in [0.25, 0.3) is 0 Å². The van der Waals surface area contributed by atoms with Gasteiger partial charge in [0, 0.05) is 16.8 Å². The number of amides is 1. The number of aryl methyl sites for hydroxylation is 2. The van der Waals surface area contributed by atoms with Gasteiger partial charge in [-0.1, -0.05) is 36.4 Å². The number of benzene rings is 3. The van der Waals surface area contributed by atoms with Gasteiger partial charge >= 0.3 is 0 Å². The molecule has 0 radical (unpaired) electrons. The molecule has 0 spiro atoms. The highest BCUT2D eigenvalue weighted by atomic mass is 32.2. The highest BCUT2D eigenvalue weighted by Crippen LogP contribution is 2.26. The minimum absolute atomic E-state index is 0.0790. The number of carbonyl (C=O) groups excluding carboxylic acids is 2. The first-order valence-corrected chi connectivity index (χ1v) is 12.0. The predicted octanol–water partition coefficient (Wildman–Crippen LogP) is 4.72. The smallest absolute Gasteiger partial charge is 0.255 e. The van der Waals surface area contributed by atoms with Crippen molar-refractivity contribution in [3.8, 4) is 0 Å². The van der Waals surface area contributed by atoms with Gasteiger partial charge in [0.15, 0.2) is 5.78 Å². The average Bonchev–Trinajstić information content (AvgIpc) is 2.73. The SMILES string of the molecule is CC(=O)c1cccc(NC(=O)c2ccc(CN(c3cc(C)ccc3C)S(C)(=O)=O)cc2)c1. The minimum Gasteiger partial charge on any atom is -0.322 e. The number of Topliss-reactive ketones (excluding diaryl/α,β-unsaturated/α-hetero) is 1. The van der Waals surface area contributed by atoms with Crippen molar-refractivity contribution in [3.05, 3.63) is 94.5 Å². The topological polar surface area (TPSA) is 83.6 Å². The lowest BCUT2D eigenvalue weighted by Crippen LogP contribution is -2.30. The second-order valence-corrected chi connectivity index (χ2v) is 9.75. The van der Waals surface area contributed by atoms with Gasteiger partial charge in [-0.05, 0) is 67.8 Å². The normalized spacial score (nSPS) is 11.1. The Morgan fingerprint density at radius 2 is 1.59 bits per heavy atom. The van der Waals surface area contributed by atoms with Gasteiger partial charge < -0.3 is 5.32 Å². The summed E-state index contributed by atoms with van der Waals surface area (Å²) in [6.45, 7) is 5.42. The molecule has 3 rings (SSSR count). The van der Waals surface area contributed by atoms with E-state index in [-0.39, 0.29) is 18.2 Å². The molecule has 1 amide bonds. The van der Waals surface area contributed by atoms with Gasteiger partial charge in [-0.3, -0.25) is 13.9 Å². The molecule has 0 saturated heterocycles. The van der Waals surface area contributed by atoms with Crippen LogP contribution in [0.5, 0.6) is 0 Å². The van der Waals surface area contributed by atoms with Crippen LogP contribution in [0, 0.1) is 13.8 Å². The molecule has 0 heterocycles. The van der Waals surface area contributed by atoms with Crippen molar-refractivity contribution in [3.63, 3.8) is 0 Å². The molecule has 1 N–H and O–H groups in total. The number of nitrogens with one attached hydrogen (secondary N) is 1. The second-order valence-electron chi connectivity index (χ2n) is 7.85. The van der Waals surface area contributed by atoms with E-state index < -0.39 is 10.0 Å². The van der Waals surface area contributed by atoms with Gasteiger partial charge in [0.25, 0.3) is 5.91 Å². The van der Waals surface area contributed by atoms with Crippen LogP contribution in [0.3, 0.4) is 0 Å². The number of anilines is 2. The molecule has 0 aliphatic rings. The first kappa shape index (κ1) is 23.2. The Bertz CT molecular complexity index is 1270. The van der Waals surface area contributed by atoms with Crippen LogP contribution >= 0.6 is 0 Å². The molecule has 32 heavy (non-hydrogen) atoms. The lowest BCUT2D eigenvalue weighted by atomic mass is 10.1. The molecule has 0 bridgehead atoms. The molecule has 0 unspecified atom stereocenters. The molecule has 0 saturated carbocycles. The van der Waals surface area contributed by atoms with E-state index in [9.17, 15) is 18.0 Å². The second kappa shape index (κ2) is 9.36. The average molecular weight is 451 g/mol. The Balaban J connectivity index is 1.79. The summed E-state index contributed by atoms with van der Waals surface area (Å²) in [4.78, 5) is 24.1. The van der Waals surface area contributed by atoms with Crippen LogP contribution < -0.4 is 9.62 Å². The number of hydrogen-bond donors (Lipinski definition) is 1. The van der Waals surface area contributed by atoms with E-state index in [0.717, 1.165) is 16.7 Å². The third kappa shape index (κ3) is 5.62. The third-order valence-corrected chi connectivity index (χ3v) is 6.23. The van der Waals surface area contributed by atoms with Crippen molar-refractivity contribution in [1.29, 1.82) is 0 Å². The van der Waals surface area contributed by atoms with Crippen molar-refractivity contribution in [2.45, 2.75) is 27.3 Å². The quantitative estimate of drug-likeness (QED) is 0.528. The largest absolute Gasteiger partial charge is 0.322 e. The Morgan fingerprint density at radius 1 is 0.906 bits per heavy atom. The molecule has 0 aromatic heterocycles. The molecule has 3 aromatic carbocycles. The Hall–Kier alpha value is -3.45. The molecular weight excluding hydrogens is 424 g/mol. The summed E-state index contributed by atoms with van der Waals surface area (Å²) in [6, 6.07) is 19.2. The number of ketones is 1. The molecule has 3 aromatic rings. The number of carbonyl (C=O) groups is 2. The Labute approximate surface area is 188 Å². The van der Waals surface area contributed by atoms with Crippen LogP contribution in [-0.4, -0.2) is 26.4 Å². The number of hydrogen-bond acceptors (Lipinski definition) is 4. The van der Waals surface area contributed by atoms with E-state index in [1.807, 2.05) is 32.0 Å². The fraction of sp³-hybridized carbons (Fsp3) is 0.200. The lowest BCUT2D eigenvalue weighted by molar-refractivity contribution is 0.101. The van der Waals surface area contributed by atoms with Crippen molar-refractivity contribution in [1.82, 2.24) is 0 Å². The van der Waals surface area contributed by atoms with E-state index in [1.165, 1.54) is 17.5 Å². The van der Waals surface area contributed by atoms with Crippen molar-refractivity contribution >= 4 is 33.1 Å². The highest BCUT2D eigenvalue weighted by molar-refractivity contribution is 7.92. The van der Waals surface area contributed by atoms with Gasteiger partial charge in [-0.2, -0.15) is 0 Å². The molecule has 0 aliphatic carbocycles. The van der Waals surface area contributed by atoms with E-state index in [4.69, 9.17) is 0 Å². The van der Waals surface area contributed by atoms with Gasteiger partial charge in [-0.15, -0.1) is 0 Å². The molecule has 0 fully saturated rings. The zero-order valence-electron chi connectivity index (χ0n) is 18.5. The van der Waals surface area contributed by atoms with E-state index in [0.29, 0.717) is 22.5 Å². The van der Waals surface area contributed by atoms with Gasteiger partial charge in [0.05, 0.1) is 18.5 Å². The van der Waals surface area contributed by atoms with Crippen LogP contribution in [0.2, 0.25) is 0 Å². The Kier molecular flexibility index (Phi) is 6.79.